The van der Waals surface area contributed by atoms with Crippen molar-refractivity contribution in [2.24, 2.45) is 4.99 Å². The van der Waals surface area contributed by atoms with Crippen LogP contribution in [0.15, 0.2) is 27.7 Å². The molecule has 0 fully saturated rings. The van der Waals surface area contributed by atoms with Crippen molar-refractivity contribution < 1.29 is 0 Å². The maximum absolute atomic E-state index is 6.08. The molecule has 0 amide bonds. The fourth-order valence-corrected chi connectivity index (χ4v) is 1.86. The van der Waals surface area contributed by atoms with Crippen molar-refractivity contribution in [3.63, 3.8) is 0 Å². The third kappa shape index (κ3) is 2.92. The number of halogens is 2. The predicted molar refractivity (Wildman–Crippen MR) is 74.1 cm³/mol. The third-order valence-corrected chi connectivity index (χ3v) is 2.79. The summed E-state index contributed by atoms with van der Waals surface area (Å²) in [5.74, 6) is 0.356. The van der Waals surface area contributed by atoms with E-state index in [1.54, 1.807) is 6.34 Å². The van der Waals surface area contributed by atoms with Crippen LogP contribution < -0.4 is 0 Å². The molecule has 0 N–H and O–H groups in total. The second-order valence-electron chi connectivity index (χ2n) is 3.68. The predicted octanol–water partition coefficient (Wildman–Crippen LogP) is 3.27. The van der Waals surface area contributed by atoms with Crippen molar-refractivity contribution in [1.82, 2.24) is 14.9 Å². The molecule has 0 aliphatic heterocycles. The number of fused-ring (bicyclic) bond motifs is 1. The van der Waals surface area contributed by atoms with Crippen LogP contribution in [-0.4, -0.2) is 35.3 Å². The highest BCUT2D eigenvalue weighted by Gasteiger charge is 2.05. The lowest BCUT2D eigenvalue weighted by atomic mass is 10.2. The zero-order chi connectivity index (χ0) is 12.4. The molecule has 1 aromatic carbocycles. The maximum atomic E-state index is 6.08. The molecule has 0 atom stereocenters. The van der Waals surface area contributed by atoms with E-state index in [9.17, 15) is 0 Å². The molecule has 0 aliphatic carbocycles. The number of benzene rings is 1. The third-order valence-electron chi connectivity index (χ3n) is 2.00. The van der Waals surface area contributed by atoms with Gasteiger partial charge in [0.1, 0.15) is 5.15 Å². The van der Waals surface area contributed by atoms with Crippen molar-refractivity contribution in [2.75, 3.05) is 14.1 Å². The van der Waals surface area contributed by atoms with Crippen LogP contribution in [0.3, 0.4) is 0 Å². The standard InChI is InChI=1S/C11H10BrClN4/c1-17(2)6-14-11-15-9-5-7(12)3-4-8(9)10(13)16-11/h3-6H,1-2H3/b14-6-. The Labute approximate surface area is 112 Å². The van der Waals surface area contributed by atoms with Gasteiger partial charge in [-0.15, -0.1) is 0 Å². The van der Waals surface area contributed by atoms with Crippen molar-refractivity contribution in [2.45, 2.75) is 0 Å². The fraction of sp³-hybridized carbons (Fsp3) is 0.182. The van der Waals surface area contributed by atoms with E-state index in [2.05, 4.69) is 30.9 Å². The van der Waals surface area contributed by atoms with Gasteiger partial charge in [0.25, 0.3) is 5.95 Å². The molecule has 88 valence electrons. The van der Waals surface area contributed by atoms with E-state index in [0.717, 1.165) is 15.4 Å². The second-order valence-corrected chi connectivity index (χ2v) is 4.96. The lowest BCUT2D eigenvalue weighted by Gasteiger charge is -2.03. The molecule has 0 bridgehead atoms. The molecule has 2 rings (SSSR count). The highest BCUT2D eigenvalue weighted by molar-refractivity contribution is 9.10. The van der Waals surface area contributed by atoms with Gasteiger partial charge in [0, 0.05) is 24.0 Å². The summed E-state index contributed by atoms with van der Waals surface area (Å²) in [5.41, 5.74) is 0.769. The number of hydrogen-bond acceptors (Lipinski definition) is 3. The zero-order valence-electron chi connectivity index (χ0n) is 9.35. The number of nitrogens with zero attached hydrogens (tertiary/aromatic N) is 4. The van der Waals surface area contributed by atoms with E-state index in [-0.39, 0.29) is 0 Å². The van der Waals surface area contributed by atoms with Crippen LogP contribution in [0.1, 0.15) is 0 Å². The molecule has 0 saturated heterocycles. The highest BCUT2D eigenvalue weighted by atomic mass is 79.9. The first-order chi connectivity index (χ1) is 8.06. The smallest absolute Gasteiger partial charge is 0.252 e. The Morgan fingerprint density at radius 3 is 2.82 bits per heavy atom. The summed E-state index contributed by atoms with van der Waals surface area (Å²) in [5, 5.41) is 1.23. The highest BCUT2D eigenvalue weighted by Crippen LogP contribution is 2.25. The summed E-state index contributed by atoms with van der Waals surface area (Å²) in [7, 11) is 3.76. The van der Waals surface area contributed by atoms with Gasteiger partial charge in [-0.1, -0.05) is 27.5 Å². The quantitative estimate of drug-likeness (QED) is 0.485. The topological polar surface area (TPSA) is 41.4 Å². The molecule has 0 unspecified atom stereocenters. The normalized spacial score (nSPS) is 11.3. The molecular weight excluding hydrogens is 304 g/mol. The Balaban J connectivity index is 2.53. The van der Waals surface area contributed by atoms with Gasteiger partial charge in [-0.2, -0.15) is 4.98 Å². The minimum absolute atomic E-state index is 0.356. The second kappa shape index (κ2) is 4.98. The zero-order valence-corrected chi connectivity index (χ0v) is 11.7. The first-order valence-electron chi connectivity index (χ1n) is 4.89. The summed E-state index contributed by atoms with van der Waals surface area (Å²) in [4.78, 5) is 14.4. The van der Waals surface area contributed by atoms with Crippen LogP contribution in [0, 0.1) is 0 Å². The molecule has 0 aliphatic rings. The summed E-state index contributed by atoms with van der Waals surface area (Å²) in [6, 6.07) is 5.67. The van der Waals surface area contributed by atoms with Crippen LogP contribution >= 0.6 is 27.5 Å². The summed E-state index contributed by atoms with van der Waals surface area (Å²) in [6.45, 7) is 0. The number of aromatic nitrogens is 2. The van der Waals surface area contributed by atoms with E-state index in [1.807, 2.05) is 37.2 Å². The van der Waals surface area contributed by atoms with Gasteiger partial charge < -0.3 is 4.90 Å². The largest absolute Gasteiger partial charge is 0.369 e. The van der Waals surface area contributed by atoms with Gasteiger partial charge >= 0.3 is 0 Å². The van der Waals surface area contributed by atoms with Gasteiger partial charge in [-0.05, 0) is 18.2 Å². The molecular formula is C11H10BrClN4. The number of aliphatic imine (C=N–C) groups is 1. The lowest BCUT2D eigenvalue weighted by molar-refractivity contribution is 0.642. The Morgan fingerprint density at radius 2 is 2.12 bits per heavy atom. The monoisotopic (exact) mass is 312 g/mol. The van der Waals surface area contributed by atoms with Crippen LogP contribution in [0.2, 0.25) is 5.15 Å². The Bertz CT molecular complexity index is 583. The first-order valence-corrected chi connectivity index (χ1v) is 6.07. The fourth-order valence-electron chi connectivity index (χ4n) is 1.28. The average Bonchev–Trinajstić information content (AvgIpc) is 2.25. The molecule has 0 spiro atoms. The average molecular weight is 314 g/mol. The van der Waals surface area contributed by atoms with Crippen molar-refractivity contribution in [1.29, 1.82) is 0 Å². The van der Waals surface area contributed by atoms with Crippen LogP contribution in [-0.2, 0) is 0 Å². The number of hydrogen-bond donors (Lipinski definition) is 0. The van der Waals surface area contributed by atoms with Crippen LogP contribution in [0.4, 0.5) is 5.95 Å². The maximum Gasteiger partial charge on any atom is 0.252 e. The summed E-state index contributed by atoms with van der Waals surface area (Å²) >= 11 is 9.47. The Hall–Kier alpha value is -1.20. The van der Waals surface area contributed by atoms with Gasteiger partial charge in [0.15, 0.2) is 0 Å². The van der Waals surface area contributed by atoms with Crippen LogP contribution in [0.5, 0.6) is 0 Å². The molecule has 2 aromatic rings. The number of rotatable bonds is 2. The minimum Gasteiger partial charge on any atom is -0.369 e. The van der Waals surface area contributed by atoms with Crippen molar-refractivity contribution >= 4 is 50.7 Å². The minimum atomic E-state index is 0.356. The molecule has 1 aromatic heterocycles. The van der Waals surface area contributed by atoms with Crippen molar-refractivity contribution in [3.8, 4) is 0 Å². The van der Waals surface area contributed by atoms with E-state index in [1.165, 1.54) is 0 Å². The van der Waals surface area contributed by atoms with Gasteiger partial charge in [-0.25, -0.2) is 9.98 Å². The van der Waals surface area contributed by atoms with E-state index in [4.69, 9.17) is 11.6 Å². The molecule has 6 heteroatoms. The molecule has 0 radical (unpaired) electrons. The van der Waals surface area contributed by atoms with Crippen LogP contribution in [0.25, 0.3) is 10.9 Å². The molecule has 17 heavy (non-hydrogen) atoms. The van der Waals surface area contributed by atoms with E-state index < -0.39 is 0 Å². The Kier molecular flexibility index (Phi) is 3.59. The molecule has 1 heterocycles. The van der Waals surface area contributed by atoms with E-state index in [0.29, 0.717) is 11.1 Å². The van der Waals surface area contributed by atoms with Gasteiger partial charge in [0.2, 0.25) is 0 Å². The van der Waals surface area contributed by atoms with E-state index >= 15 is 0 Å². The SMILES string of the molecule is CN(C)/C=N\c1nc(Cl)c2ccc(Br)cc2n1. The Morgan fingerprint density at radius 1 is 1.35 bits per heavy atom. The first kappa shape index (κ1) is 12.3. The summed E-state index contributed by atoms with van der Waals surface area (Å²) in [6.07, 6.45) is 1.63. The van der Waals surface area contributed by atoms with Crippen molar-refractivity contribution in [3.05, 3.63) is 27.8 Å². The lowest BCUT2D eigenvalue weighted by Crippen LogP contribution is -2.07. The summed E-state index contributed by atoms with van der Waals surface area (Å²) < 4.78 is 0.947. The van der Waals surface area contributed by atoms with Gasteiger partial charge in [0.05, 0.1) is 11.9 Å². The molecule has 4 nitrogen and oxygen atoms in total. The molecule has 0 saturated carbocycles. The van der Waals surface area contributed by atoms with Gasteiger partial charge in [-0.3, -0.25) is 0 Å².